The van der Waals surface area contributed by atoms with Gasteiger partial charge >= 0.3 is 0 Å². The zero-order valence-corrected chi connectivity index (χ0v) is 8.81. The van der Waals surface area contributed by atoms with Gasteiger partial charge in [0.05, 0.1) is 18.7 Å². The lowest BCUT2D eigenvalue weighted by atomic mass is 10.0. The Bertz CT molecular complexity index is 398. The van der Waals surface area contributed by atoms with E-state index in [-0.39, 0.29) is 11.9 Å². The van der Waals surface area contributed by atoms with Gasteiger partial charge in [0.1, 0.15) is 5.82 Å². The van der Waals surface area contributed by atoms with E-state index in [9.17, 15) is 9.50 Å². The molecular weight excluding hydrogens is 207 g/mol. The fourth-order valence-electron chi connectivity index (χ4n) is 2.18. The average Bonchev–Trinajstić information content (AvgIpc) is 2.61. The van der Waals surface area contributed by atoms with E-state index in [1.807, 2.05) is 4.90 Å². The molecule has 16 heavy (non-hydrogen) atoms. The molecule has 4 heteroatoms. The lowest BCUT2D eigenvalue weighted by Crippen LogP contribution is -2.25. The molecule has 1 fully saturated rings. The van der Waals surface area contributed by atoms with Crippen LogP contribution in [0.15, 0.2) is 24.3 Å². The van der Waals surface area contributed by atoms with Crippen molar-refractivity contribution in [2.75, 3.05) is 13.1 Å². The maximum absolute atomic E-state index is 12.8. The van der Waals surface area contributed by atoms with Gasteiger partial charge in [-0.05, 0) is 24.1 Å². The number of rotatable bonds is 2. The Morgan fingerprint density at radius 2 is 2.12 bits per heavy atom. The minimum absolute atomic E-state index is 0.0234. The maximum atomic E-state index is 12.8. The molecule has 1 aliphatic rings. The Labute approximate surface area is 93.7 Å². The second kappa shape index (κ2) is 4.60. The van der Waals surface area contributed by atoms with Gasteiger partial charge in [0.15, 0.2) is 0 Å². The third kappa shape index (κ3) is 2.21. The lowest BCUT2D eigenvalue weighted by Gasteiger charge is -2.21. The van der Waals surface area contributed by atoms with Gasteiger partial charge in [-0.2, -0.15) is 5.26 Å². The molecule has 2 rings (SSSR count). The highest BCUT2D eigenvalue weighted by Gasteiger charge is 2.31. The molecular formula is C12H13FN2O. The Kier molecular flexibility index (Phi) is 3.18. The molecule has 1 aromatic carbocycles. The van der Waals surface area contributed by atoms with Gasteiger partial charge in [-0.3, -0.25) is 4.90 Å². The molecule has 0 aliphatic carbocycles. The second-order valence-corrected chi connectivity index (χ2v) is 4.04. The summed E-state index contributed by atoms with van der Waals surface area (Å²) >= 11 is 0. The summed E-state index contributed by atoms with van der Waals surface area (Å²) in [6, 6.07) is 8.34. The molecule has 3 nitrogen and oxygen atoms in total. The van der Waals surface area contributed by atoms with Gasteiger partial charge < -0.3 is 5.11 Å². The number of nitriles is 1. The van der Waals surface area contributed by atoms with Crippen molar-refractivity contribution in [3.63, 3.8) is 0 Å². The summed E-state index contributed by atoms with van der Waals surface area (Å²) in [5.74, 6) is -0.269. The van der Waals surface area contributed by atoms with Crippen molar-refractivity contribution in [2.45, 2.75) is 18.6 Å². The van der Waals surface area contributed by atoms with Gasteiger partial charge in [-0.25, -0.2) is 4.39 Å². The van der Waals surface area contributed by atoms with Crippen molar-refractivity contribution in [3.8, 4) is 6.07 Å². The third-order valence-corrected chi connectivity index (χ3v) is 2.91. The Morgan fingerprint density at radius 1 is 1.44 bits per heavy atom. The van der Waals surface area contributed by atoms with Crippen LogP contribution in [0.2, 0.25) is 0 Å². The molecule has 1 N–H and O–H groups in total. The molecule has 2 atom stereocenters. The maximum Gasteiger partial charge on any atom is 0.123 e. The van der Waals surface area contributed by atoms with Crippen LogP contribution in [-0.2, 0) is 0 Å². The minimum atomic E-state index is -0.400. The van der Waals surface area contributed by atoms with E-state index in [1.54, 1.807) is 12.1 Å². The van der Waals surface area contributed by atoms with Crippen LogP contribution >= 0.6 is 0 Å². The predicted molar refractivity (Wildman–Crippen MR) is 57.0 cm³/mol. The highest BCUT2D eigenvalue weighted by atomic mass is 19.1. The predicted octanol–water partition coefficient (Wildman–Crippen LogP) is 1.46. The summed E-state index contributed by atoms with van der Waals surface area (Å²) in [5.41, 5.74) is 0.952. The summed E-state index contributed by atoms with van der Waals surface area (Å²) in [6.45, 7) is 0.800. The van der Waals surface area contributed by atoms with Crippen molar-refractivity contribution in [1.82, 2.24) is 4.90 Å². The van der Waals surface area contributed by atoms with E-state index in [4.69, 9.17) is 5.26 Å². The smallest absolute Gasteiger partial charge is 0.123 e. The van der Waals surface area contributed by atoms with Crippen LogP contribution in [0.25, 0.3) is 0 Å². The summed E-state index contributed by atoms with van der Waals surface area (Å²) in [7, 11) is 0. The molecule has 1 heterocycles. The minimum Gasteiger partial charge on any atom is -0.392 e. The van der Waals surface area contributed by atoms with E-state index >= 15 is 0 Å². The number of hydrogen-bond donors (Lipinski definition) is 1. The topological polar surface area (TPSA) is 47.3 Å². The lowest BCUT2D eigenvalue weighted by molar-refractivity contribution is 0.179. The van der Waals surface area contributed by atoms with Crippen molar-refractivity contribution in [1.29, 1.82) is 5.26 Å². The number of hydrogen-bond acceptors (Lipinski definition) is 3. The standard InChI is InChI=1S/C12H13FN2O/c13-10-3-1-9(2-4-10)12-7-11(16)8-15(12)6-5-14/h1-4,11-12,16H,6-8H2/t11-,12+/m1/s1. The Balaban J connectivity index is 2.19. The summed E-state index contributed by atoms with van der Waals surface area (Å²) < 4.78 is 12.8. The van der Waals surface area contributed by atoms with Gasteiger partial charge in [0.2, 0.25) is 0 Å². The van der Waals surface area contributed by atoms with Crippen molar-refractivity contribution < 1.29 is 9.50 Å². The molecule has 0 unspecified atom stereocenters. The third-order valence-electron chi connectivity index (χ3n) is 2.91. The van der Waals surface area contributed by atoms with Crippen molar-refractivity contribution >= 4 is 0 Å². The fourth-order valence-corrected chi connectivity index (χ4v) is 2.18. The van der Waals surface area contributed by atoms with Gasteiger partial charge in [0.25, 0.3) is 0 Å². The Morgan fingerprint density at radius 3 is 2.75 bits per heavy atom. The molecule has 0 aromatic heterocycles. The first-order valence-electron chi connectivity index (χ1n) is 5.25. The van der Waals surface area contributed by atoms with Gasteiger partial charge in [-0.15, -0.1) is 0 Å². The van der Waals surface area contributed by atoms with E-state index in [0.29, 0.717) is 19.5 Å². The van der Waals surface area contributed by atoms with E-state index in [2.05, 4.69) is 6.07 Å². The Hall–Kier alpha value is -1.44. The van der Waals surface area contributed by atoms with Crippen LogP contribution < -0.4 is 0 Å². The zero-order chi connectivity index (χ0) is 11.5. The van der Waals surface area contributed by atoms with Gasteiger partial charge in [-0.1, -0.05) is 12.1 Å². The summed E-state index contributed by atoms with van der Waals surface area (Å²) in [5, 5.41) is 18.3. The molecule has 0 bridgehead atoms. The number of benzene rings is 1. The second-order valence-electron chi connectivity index (χ2n) is 4.04. The molecule has 1 aliphatic heterocycles. The molecule has 0 spiro atoms. The van der Waals surface area contributed by atoms with Crippen LogP contribution in [0.5, 0.6) is 0 Å². The van der Waals surface area contributed by atoms with Crippen LogP contribution in [0.1, 0.15) is 18.0 Å². The monoisotopic (exact) mass is 220 g/mol. The quantitative estimate of drug-likeness (QED) is 0.767. The van der Waals surface area contributed by atoms with Crippen molar-refractivity contribution in [2.24, 2.45) is 0 Å². The van der Waals surface area contributed by atoms with Crippen LogP contribution in [0.4, 0.5) is 4.39 Å². The highest BCUT2D eigenvalue weighted by Crippen LogP contribution is 2.31. The summed E-state index contributed by atoms with van der Waals surface area (Å²) in [4.78, 5) is 1.91. The number of likely N-dealkylation sites (tertiary alicyclic amines) is 1. The number of aliphatic hydroxyl groups is 1. The SMILES string of the molecule is N#CCN1C[C@H](O)C[C@H]1c1ccc(F)cc1. The van der Waals surface area contributed by atoms with Crippen LogP contribution in [-0.4, -0.2) is 29.2 Å². The first-order valence-corrected chi connectivity index (χ1v) is 5.25. The molecule has 1 saturated heterocycles. The average molecular weight is 220 g/mol. The molecule has 0 saturated carbocycles. The highest BCUT2D eigenvalue weighted by molar-refractivity contribution is 5.21. The van der Waals surface area contributed by atoms with Gasteiger partial charge in [0, 0.05) is 12.6 Å². The summed E-state index contributed by atoms with van der Waals surface area (Å²) in [6.07, 6.45) is 0.205. The molecule has 1 aromatic rings. The van der Waals surface area contributed by atoms with E-state index < -0.39 is 6.10 Å². The van der Waals surface area contributed by atoms with Crippen LogP contribution in [0, 0.1) is 17.1 Å². The number of halogens is 1. The van der Waals surface area contributed by atoms with E-state index in [0.717, 1.165) is 5.56 Å². The fraction of sp³-hybridized carbons (Fsp3) is 0.417. The van der Waals surface area contributed by atoms with Crippen molar-refractivity contribution in [3.05, 3.63) is 35.6 Å². The molecule has 0 radical (unpaired) electrons. The number of aliphatic hydroxyl groups excluding tert-OH is 1. The first kappa shape index (κ1) is 11.1. The molecule has 0 amide bonds. The van der Waals surface area contributed by atoms with E-state index in [1.165, 1.54) is 12.1 Å². The first-order chi connectivity index (χ1) is 7.70. The van der Waals surface area contributed by atoms with Crippen LogP contribution in [0.3, 0.4) is 0 Å². The number of β-amino-alcohol motifs (C(OH)–C–C–N with tert-alkyl or cyclic N) is 1. The zero-order valence-electron chi connectivity index (χ0n) is 8.81. The molecule has 84 valence electrons. The largest absolute Gasteiger partial charge is 0.392 e. The normalized spacial score (nSPS) is 25.6. The number of nitrogens with zero attached hydrogens (tertiary/aromatic N) is 2.